The summed E-state index contributed by atoms with van der Waals surface area (Å²) in [6.45, 7) is 1.89. The molecule has 0 fully saturated rings. The zero-order chi connectivity index (χ0) is 13.0. The molecule has 96 valence electrons. The highest BCUT2D eigenvalue weighted by atomic mass is 79.9. The number of methoxy groups -OCH3 is 2. The van der Waals surface area contributed by atoms with Gasteiger partial charge in [-0.2, -0.15) is 0 Å². The van der Waals surface area contributed by atoms with Crippen molar-refractivity contribution < 1.29 is 14.6 Å². The van der Waals surface area contributed by atoms with Gasteiger partial charge < -0.3 is 20.3 Å². The average Bonchev–Trinajstić information content (AvgIpc) is 2.36. The van der Waals surface area contributed by atoms with E-state index in [9.17, 15) is 5.11 Å². The number of hydrogen-bond acceptors (Lipinski definition) is 4. The normalized spacial score (nSPS) is 14.2. The first-order valence-corrected chi connectivity index (χ1v) is 6.19. The van der Waals surface area contributed by atoms with E-state index < -0.39 is 12.1 Å². The van der Waals surface area contributed by atoms with Crippen LogP contribution in [0.25, 0.3) is 0 Å². The number of aliphatic hydroxyl groups is 1. The highest BCUT2D eigenvalue weighted by Gasteiger charge is 2.20. The second-order valence-corrected chi connectivity index (χ2v) is 4.58. The summed E-state index contributed by atoms with van der Waals surface area (Å²) >= 11 is 3.42. The number of ether oxygens (including phenoxy) is 2. The quantitative estimate of drug-likeness (QED) is 0.875. The van der Waals surface area contributed by atoms with Crippen molar-refractivity contribution in [3.8, 4) is 11.5 Å². The summed E-state index contributed by atoms with van der Waals surface area (Å²) in [5.74, 6) is 1.23. The molecule has 2 atom stereocenters. The predicted molar refractivity (Wildman–Crippen MR) is 70.5 cm³/mol. The van der Waals surface area contributed by atoms with E-state index in [1.165, 1.54) is 0 Å². The molecule has 5 heteroatoms. The third-order valence-electron chi connectivity index (χ3n) is 2.69. The predicted octanol–water partition coefficient (Wildman–Crippen LogP) is 2.24. The van der Waals surface area contributed by atoms with Crippen molar-refractivity contribution in [3.05, 3.63) is 22.2 Å². The molecular weight excluding hydrogens is 286 g/mol. The number of halogens is 1. The molecule has 0 unspecified atom stereocenters. The third-order valence-corrected chi connectivity index (χ3v) is 3.38. The Balaban J connectivity index is 3.16. The molecule has 0 saturated carbocycles. The maximum Gasteiger partial charge on any atom is 0.161 e. The van der Waals surface area contributed by atoms with Crippen LogP contribution in [0, 0.1) is 0 Å². The van der Waals surface area contributed by atoms with Crippen molar-refractivity contribution in [1.29, 1.82) is 0 Å². The molecule has 0 aliphatic rings. The minimum Gasteiger partial charge on any atom is -0.493 e. The zero-order valence-electron chi connectivity index (χ0n) is 10.2. The van der Waals surface area contributed by atoms with Crippen LogP contribution in [0.2, 0.25) is 0 Å². The fourth-order valence-electron chi connectivity index (χ4n) is 1.59. The Bertz CT molecular complexity index is 384. The molecule has 0 heterocycles. The number of rotatable bonds is 5. The largest absolute Gasteiger partial charge is 0.493 e. The van der Waals surface area contributed by atoms with Crippen LogP contribution >= 0.6 is 15.9 Å². The second-order valence-electron chi connectivity index (χ2n) is 3.73. The second kappa shape index (κ2) is 6.23. The molecule has 0 bridgehead atoms. The van der Waals surface area contributed by atoms with E-state index in [2.05, 4.69) is 15.9 Å². The molecule has 1 aromatic rings. The van der Waals surface area contributed by atoms with Gasteiger partial charge in [-0.3, -0.25) is 0 Å². The minimum absolute atomic E-state index is 0.450. The monoisotopic (exact) mass is 303 g/mol. The summed E-state index contributed by atoms with van der Waals surface area (Å²) in [5, 5.41) is 9.78. The molecule has 0 spiro atoms. The van der Waals surface area contributed by atoms with Gasteiger partial charge in [0.2, 0.25) is 0 Å². The van der Waals surface area contributed by atoms with Gasteiger partial charge in [-0.1, -0.05) is 22.9 Å². The molecule has 1 aromatic carbocycles. The number of aliphatic hydroxyl groups excluding tert-OH is 1. The van der Waals surface area contributed by atoms with Crippen molar-refractivity contribution in [1.82, 2.24) is 0 Å². The van der Waals surface area contributed by atoms with Crippen molar-refractivity contribution >= 4 is 15.9 Å². The number of benzene rings is 1. The summed E-state index contributed by atoms with van der Waals surface area (Å²) in [6, 6.07) is 3.12. The van der Waals surface area contributed by atoms with Gasteiger partial charge in [0.1, 0.15) is 0 Å². The lowest BCUT2D eigenvalue weighted by Crippen LogP contribution is -2.25. The molecule has 0 saturated heterocycles. The third kappa shape index (κ3) is 3.12. The highest BCUT2D eigenvalue weighted by molar-refractivity contribution is 9.10. The lowest BCUT2D eigenvalue weighted by molar-refractivity contribution is 0.140. The summed E-state index contributed by atoms with van der Waals surface area (Å²) < 4.78 is 11.2. The van der Waals surface area contributed by atoms with Gasteiger partial charge in [-0.05, 0) is 24.1 Å². The standard InChI is InChI=1S/C12H18BrNO3/c1-4-9(15)12(14)7-5-10(16-2)11(17-3)6-8(7)13/h5-6,9,12,15H,4,14H2,1-3H3/t9-,12+/m0/s1. The minimum atomic E-state index is -0.579. The van der Waals surface area contributed by atoms with E-state index in [0.717, 1.165) is 10.0 Å². The number of hydrogen-bond donors (Lipinski definition) is 2. The topological polar surface area (TPSA) is 64.7 Å². The molecule has 0 aromatic heterocycles. The zero-order valence-corrected chi connectivity index (χ0v) is 11.8. The molecule has 3 N–H and O–H groups in total. The van der Waals surface area contributed by atoms with Gasteiger partial charge in [0.25, 0.3) is 0 Å². The van der Waals surface area contributed by atoms with E-state index in [4.69, 9.17) is 15.2 Å². The first kappa shape index (κ1) is 14.3. The van der Waals surface area contributed by atoms with E-state index in [1.54, 1.807) is 26.4 Å². The molecule has 0 amide bonds. The van der Waals surface area contributed by atoms with Gasteiger partial charge in [-0.25, -0.2) is 0 Å². The van der Waals surface area contributed by atoms with Gasteiger partial charge in [0.15, 0.2) is 11.5 Å². The van der Waals surface area contributed by atoms with Crippen LogP contribution in [-0.4, -0.2) is 25.4 Å². The summed E-state index contributed by atoms with van der Waals surface area (Å²) in [6.07, 6.45) is 0.0199. The Morgan fingerprint density at radius 1 is 1.29 bits per heavy atom. The van der Waals surface area contributed by atoms with E-state index in [-0.39, 0.29) is 0 Å². The highest BCUT2D eigenvalue weighted by Crippen LogP contribution is 2.36. The molecule has 0 aliphatic heterocycles. The Morgan fingerprint density at radius 3 is 2.29 bits per heavy atom. The SMILES string of the molecule is CC[C@H](O)[C@H](N)c1cc(OC)c(OC)cc1Br. The Labute approximate surface area is 110 Å². The lowest BCUT2D eigenvalue weighted by Gasteiger charge is -2.20. The fraction of sp³-hybridized carbons (Fsp3) is 0.500. The number of nitrogens with two attached hydrogens (primary N) is 1. The Hall–Kier alpha value is -0.780. The van der Waals surface area contributed by atoms with Gasteiger partial charge in [-0.15, -0.1) is 0 Å². The van der Waals surface area contributed by atoms with E-state index in [1.807, 2.05) is 6.92 Å². The Kier molecular flexibility index (Phi) is 5.24. The smallest absolute Gasteiger partial charge is 0.161 e. The molecule has 0 aliphatic carbocycles. The molecule has 17 heavy (non-hydrogen) atoms. The lowest BCUT2D eigenvalue weighted by atomic mass is 10.0. The van der Waals surface area contributed by atoms with Crippen LogP contribution in [0.3, 0.4) is 0 Å². The van der Waals surface area contributed by atoms with Crippen molar-refractivity contribution in [2.75, 3.05) is 14.2 Å². The van der Waals surface area contributed by atoms with Crippen LogP contribution in [0.5, 0.6) is 11.5 Å². The van der Waals surface area contributed by atoms with Gasteiger partial charge in [0, 0.05) is 4.47 Å². The fourth-order valence-corrected chi connectivity index (χ4v) is 2.17. The first-order valence-electron chi connectivity index (χ1n) is 5.40. The molecule has 1 rings (SSSR count). The van der Waals surface area contributed by atoms with Gasteiger partial charge in [0.05, 0.1) is 26.4 Å². The van der Waals surface area contributed by atoms with Crippen LogP contribution in [-0.2, 0) is 0 Å². The van der Waals surface area contributed by atoms with Crippen LogP contribution < -0.4 is 15.2 Å². The summed E-state index contributed by atoms with van der Waals surface area (Å²) in [7, 11) is 3.14. The van der Waals surface area contributed by atoms with Crippen LogP contribution in [0.15, 0.2) is 16.6 Å². The average molecular weight is 304 g/mol. The van der Waals surface area contributed by atoms with E-state index in [0.29, 0.717) is 17.9 Å². The van der Waals surface area contributed by atoms with Crippen molar-refractivity contribution in [2.24, 2.45) is 5.73 Å². The molecule has 4 nitrogen and oxygen atoms in total. The maximum absolute atomic E-state index is 9.78. The van der Waals surface area contributed by atoms with Gasteiger partial charge >= 0.3 is 0 Å². The summed E-state index contributed by atoms with van der Waals surface area (Å²) in [5.41, 5.74) is 6.79. The molecular formula is C12H18BrNO3. The summed E-state index contributed by atoms with van der Waals surface area (Å²) in [4.78, 5) is 0. The Morgan fingerprint density at radius 2 is 1.82 bits per heavy atom. The maximum atomic E-state index is 9.78. The van der Waals surface area contributed by atoms with Crippen LogP contribution in [0.1, 0.15) is 24.9 Å². The van der Waals surface area contributed by atoms with Crippen molar-refractivity contribution in [3.63, 3.8) is 0 Å². The first-order chi connectivity index (χ1) is 8.04. The van der Waals surface area contributed by atoms with Crippen molar-refractivity contribution in [2.45, 2.75) is 25.5 Å². The molecule has 0 radical (unpaired) electrons. The van der Waals surface area contributed by atoms with Crippen LogP contribution in [0.4, 0.5) is 0 Å². The van der Waals surface area contributed by atoms with E-state index >= 15 is 0 Å².